The van der Waals surface area contributed by atoms with Crippen molar-refractivity contribution in [2.24, 2.45) is 0 Å². The lowest BCUT2D eigenvalue weighted by molar-refractivity contribution is 0.285. The molecule has 2 unspecified atom stereocenters. The Balaban J connectivity index is 2.18. The summed E-state index contributed by atoms with van der Waals surface area (Å²) in [6.07, 6.45) is 0.777. The first-order valence-electron chi connectivity index (χ1n) is 6.87. The number of aliphatic hydroxyl groups is 2. The van der Waals surface area contributed by atoms with Gasteiger partial charge in [0.15, 0.2) is 0 Å². The number of aryl methyl sites for hydroxylation is 1. The van der Waals surface area contributed by atoms with Crippen LogP contribution in [0.25, 0.3) is 0 Å². The van der Waals surface area contributed by atoms with Crippen molar-refractivity contribution in [3.63, 3.8) is 0 Å². The van der Waals surface area contributed by atoms with E-state index >= 15 is 0 Å². The van der Waals surface area contributed by atoms with Crippen LogP contribution in [-0.4, -0.2) is 42.0 Å². The van der Waals surface area contributed by atoms with E-state index in [0.29, 0.717) is 6.54 Å². The number of nitrogens with zero attached hydrogens (tertiary/aromatic N) is 1. The van der Waals surface area contributed by atoms with Gasteiger partial charge in [-0.25, -0.2) is 0 Å². The predicted molar refractivity (Wildman–Crippen MR) is 82.0 cm³/mol. The van der Waals surface area contributed by atoms with Crippen LogP contribution in [0.1, 0.15) is 12.0 Å². The van der Waals surface area contributed by atoms with Gasteiger partial charge >= 0.3 is 0 Å². The van der Waals surface area contributed by atoms with Crippen molar-refractivity contribution in [2.45, 2.75) is 25.4 Å². The Bertz CT molecular complexity index is 490. The van der Waals surface area contributed by atoms with Gasteiger partial charge in [0.25, 0.3) is 0 Å². The van der Waals surface area contributed by atoms with Crippen molar-refractivity contribution in [1.29, 1.82) is 0 Å². The van der Waals surface area contributed by atoms with Crippen LogP contribution < -0.4 is 16.0 Å². The zero-order chi connectivity index (χ0) is 14.7. The molecule has 0 radical (unpaired) electrons. The highest BCUT2D eigenvalue weighted by molar-refractivity contribution is 5.59. The van der Waals surface area contributed by atoms with Crippen molar-refractivity contribution in [2.75, 3.05) is 30.3 Å². The first-order valence-corrected chi connectivity index (χ1v) is 6.87. The van der Waals surface area contributed by atoms with Crippen LogP contribution in [-0.2, 0) is 0 Å². The number of aliphatic hydroxyl groups excluding tert-OH is 2. The van der Waals surface area contributed by atoms with Crippen molar-refractivity contribution in [3.05, 3.63) is 36.1 Å². The van der Waals surface area contributed by atoms with Crippen LogP contribution in [0.2, 0.25) is 0 Å². The van der Waals surface area contributed by atoms with Gasteiger partial charge in [-0.1, -0.05) is 6.58 Å². The second-order valence-corrected chi connectivity index (χ2v) is 5.31. The van der Waals surface area contributed by atoms with Gasteiger partial charge in [0, 0.05) is 30.5 Å². The lowest BCUT2D eigenvalue weighted by Gasteiger charge is -2.26. The topological polar surface area (TPSA) is 81.8 Å². The standard InChI is InChI=1S/C15H23N3O2/c1-10-7-13(3-4-14(10)16)18-9-12(17-5-6-19)8-15(18)11(2)20/h3-4,7,12,15,17,19-20H,2,5-6,8-9,16H2,1H3. The molecule has 1 saturated heterocycles. The number of rotatable bonds is 5. The van der Waals surface area contributed by atoms with E-state index in [4.69, 9.17) is 10.8 Å². The predicted octanol–water partition coefficient (Wildman–Crippen LogP) is 1.18. The fourth-order valence-electron chi connectivity index (χ4n) is 2.69. The summed E-state index contributed by atoms with van der Waals surface area (Å²) in [7, 11) is 0. The summed E-state index contributed by atoms with van der Waals surface area (Å²) in [5.41, 5.74) is 8.67. The van der Waals surface area contributed by atoms with E-state index in [1.807, 2.05) is 25.1 Å². The van der Waals surface area contributed by atoms with E-state index in [1.165, 1.54) is 0 Å². The Morgan fingerprint density at radius 1 is 1.55 bits per heavy atom. The third-order valence-corrected chi connectivity index (χ3v) is 3.82. The Labute approximate surface area is 119 Å². The molecule has 1 aliphatic heterocycles. The van der Waals surface area contributed by atoms with Gasteiger partial charge in [0.2, 0.25) is 0 Å². The highest BCUT2D eigenvalue weighted by Crippen LogP contribution is 2.30. The second-order valence-electron chi connectivity index (χ2n) is 5.31. The zero-order valence-corrected chi connectivity index (χ0v) is 11.8. The Hall–Kier alpha value is -1.72. The minimum absolute atomic E-state index is 0.103. The molecule has 1 aliphatic rings. The molecule has 0 amide bonds. The molecular weight excluding hydrogens is 254 g/mol. The van der Waals surface area contributed by atoms with Crippen LogP contribution in [0.15, 0.2) is 30.5 Å². The minimum Gasteiger partial charge on any atom is -0.511 e. The van der Waals surface area contributed by atoms with Crippen molar-refractivity contribution >= 4 is 11.4 Å². The summed E-state index contributed by atoms with van der Waals surface area (Å²) in [4.78, 5) is 2.13. The molecule has 2 atom stereocenters. The Kier molecular flexibility index (Phi) is 4.52. The summed E-state index contributed by atoms with van der Waals surface area (Å²) >= 11 is 0. The van der Waals surface area contributed by atoms with Crippen LogP contribution in [0, 0.1) is 6.92 Å². The lowest BCUT2D eigenvalue weighted by Crippen LogP contribution is -2.35. The SMILES string of the molecule is C=C(O)C1CC(NCCO)CN1c1ccc(N)c(C)c1. The van der Waals surface area contributed by atoms with Crippen LogP contribution in [0.3, 0.4) is 0 Å². The van der Waals surface area contributed by atoms with E-state index in [2.05, 4.69) is 16.8 Å². The highest BCUT2D eigenvalue weighted by atomic mass is 16.3. The summed E-state index contributed by atoms with van der Waals surface area (Å²) in [5, 5.41) is 22.0. The number of nitrogen functional groups attached to an aromatic ring is 1. The average Bonchev–Trinajstić information content (AvgIpc) is 2.84. The minimum atomic E-state index is -0.103. The third kappa shape index (κ3) is 3.05. The maximum Gasteiger partial charge on any atom is 0.108 e. The van der Waals surface area contributed by atoms with Crippen LogP contribution >= 0.6 is 0 Å². The molecule has 1 aromatic carbocycles. The quantitative estimate of drug-likeness (QED) is 0.480. The van der Waals surface area contributed by atoms with E-state index in [1.54, 1.807) is 0 Å². The normalized spacial score (nSPS) is 22.2. The van der Waals surface area contributed by atoms with Gasteiger partial charge in [0.1, 0.15) is 5.76 Å². The summed E-state index contributed by atoms with van der Waals surface area (Å²) in [6, 6.07) is 6.01. The summed E-state index contributed by atoms with van der Waals surface area (Å²) in [5.74, 6) is 0.174. The number of hydrogen-bond acceptors (Lipinski definition) is 5. The fraction of sp³-hybridized carbons (Fsp3) is 0.467. The van der Waals surface area contributed by atoms with Gasteiger partial charge in [-0.05, 0) is 37.1 Å². The second kappa shape index (κ2) is 6.15. The van der Waals surface area contributed by atoms with Crippen LogP contribution in [0.4, 0.5) is 11.4 Å². The lowest BCUT2D eigenvalue weighted by atomic mass is 10.1. The molecule has 20 heavy (non-hydrogen) atoms. The number of hydrogen-bond donors (Lipinski definition) is 4. The Morgan fingerprint density at radius 3 is 2.90 bits per heavy atom. The molecule has 0 aromatic heterocycles. The number of nitrogens with two attached hydrogens (primary N) is 1. The number of nitrogens with one attached hydrogen (secondary N) is 1. The molecule has 1 aromatic rings. The van der Waals surface area contributed by atoms with Gasteiger partial charge in [-0.15, -0.1) is 0 Å². The first-order chi connectivity index (χ1) is 9.52. The fourth-order valence-corrected chi connectivity index (χ4v) is 2.69. The summed E-state index contributed by atoms with van der Waals surface area (Å²) in [6.45, 7) is 7.10. The maximum atomic E-state index is 9.81. The number of benzene rings is 1. The van der Waals surface area contributed by atoms with E-state index in [-0.39, 0.29) is 24.4 Å². The zero-order valence-electron chi connectivity index (χ0n) is 11.8. The molecule has 5 nitrogen and oxygen atoms in total. The molecule has 2 rings (SSSR count). The van der Waals surface area contributed by atoms with Crippen molar-refractivity contribution in [3.8, 4) is 0 Å². The van der Waals surface area contributed by atoms with E-state index in [0.717, 1.165) is 29.9 Å². The maximum absolute atomic E-state index is 9.81. The molecule has 0 bridgehead atoms. The molecule has 5 heteroatoms. The molecule has 0 aliphatic carbocycles. The van der Waals surface area contributed by atoms with Crippen molar-refractivity contribution in [1.82, 2.24) is 5.32 Å². The largest absolute Gasteiger partial charge is 0.511 e. The van der Waals surface area contributed by atoms with E-state index in [9.17, 15) is 5.11 Å². The Morgan fingerprint density at radius 2 is 2.30 bits per heavy atom. The summed E-state index contributed by atoms with van der Waals surface area (Å²) < 4.78 is 0. The molecule has 1 heterocycles. The van der Waals surface area contributed by atoms with Crippen LogP contribution in [0.5, 0.6) is 0 Å². The highest BCUT2D eigenvalue weighted by Gasteiger charge is 2.33. The monoisotopic (exact) mass is 277 g/mol. The molecule has 5 N–H and O–H groups in total. The van der Waals surface area contributed by atoms with Crippen molar-refractivity contribution < 1.29 is 10.2 Å². The van der Waals surface area contributed by atoms with Gasteiger partial charge in [0.05, 0.1) is 12.6 Å². The molecule has 0 spiro atoms. The average molecular weight is 277 g/mol. The van der Waals surface area contributed by atoms with Gasteiger partial charge in [-0.3, -0.25) is 0 Å². The molecule has 1 fully saturated rings. The molecular formula is C15H23N3O2. The molecule has 110 valence electrons. The first kappa shape index (κ1) is 14.7. The smallest absolute Gasteiger partial charge is 0.108 e. The number of anilines is 2. The molecule has 0 saturated carbocycles. The van der Waals surface area contributed by atoms with E-state index < -0.39 is 0 Å². The van der Waals surface area contributed by atoms with Gasteiger partial charge in [-0.2, -0.15) is 0 Å². The third-order valence-electron chi connectivity index (χ3n) is 3.82. The van der Waals surface area contributed by atoms with Gasteiger partial charge < -0.3 is 26.2 Å².